The van der Waals surface area contributed by atoms with Gasteiger partial charge >= 0.3 is 0 Å². The largest absolute Gasteiger partial charge is 0.389 e. The molecule has 1 aromatic heterocycles. The first kappa shape index (κ1) is 17.5. The van der Waals surface area contributed by atoms with E-state index in [9.17, 15) is 5.11 Å². The van der Waals surface area contributed by atoms with Crippen LogP contribution in [0.2, 0.25) is 0 Å². The lowest BCUT2D eigenvalue weighted by atomic mass is 9.96. The molecule has 0 amide bonds. The van der Waals surface area contributed by atoms with Crippen LogP contribution in [0.25, 0.3) is 0 Å². The van der Waals surface area contributed by atoms with E-state index in [4.69, 9.17) is 0 Å². The van der Waals surface area contributed by atoms with Crippen LogP contribution in [-0.2, 0) is 19.5 Å². The fraction of sp³-hybridized carbons (Fsp3) is 0.273. The first-order chi connectivity index (χ1) is 13.2. The Morgan fingerprint density at radius 1 is 1.07 bits per heavy atom. The third-order valence-electron chi connectivity index (χ3n) is 5.02. The molecule has 3 aromatic rings. The standard InChI is InChI=1S/C22H24N4O/c1-16(27)18-7-8-20-14-26(10-9-19(20)11-18)22-12-21(24-15-25-22)23-13-17-5-3-2-4-6-17/h2-8,11-12,15-16,27H,9-10,13-14H2,1H3,(H,23,24,25)/t16-/m0/s1. The van der Waals surface area contributed by atoms with E-state index in [0.717, 1.165) is 43.3 Å². The molecular formula is C22H24N4O. The van der Waals surface area contributed by atoms with Gasteiger partial charge in [-0.25, -0.2) is 9.97 Å². The summed E-state index contributed by atoms with van der Waals surface area (Å²) in [6, 6.07) is 18.6. The van der Waals surface area contributed by atoms with Crippen molar-refractivity contribution >= 4 is 11.6 Å². The van der Waals surface area contributed by atoms with Crippen molar-refractivity contribution in [2.75, 3.05) is 16.8 Å². The first-order valence-corrected chi connectivity index (χ1v) is 9.33. The normalized spacial score (nSPS) is 14.5. The monoisotopic (exact) mass is 360 g/mol. The van der Waals surface area contributed by atoms with Crippen LogP contribution in [0.4, 0.5) is 11.6 Å². The molecule has 0 aliphatic carbocycles. The van der Waals surface area contributed by atoms with Crippen molar-refractivity contribution in [3.05, 3.63) is 83.2 Å². The van der Waals surface area contributed by atoms with Crippen molar-refractivity contribution in [1.29, 1.82) is 0 Å². The maximum atomic E-state index is 9.78. The van der Waals surface area contributed by atoms with Crippen LogP contribution in [0.1, 0.15) is 35.3 Å². The van der Waals surface area contributed by atoms with E-state index in [0.29, 0.717) is 0 Å². The van der Waals surface area contributed by atoms with Gasteiger partial charge in [0.05, 0.1) is 6.10 Å². The van der Waals surface area contributed by atoms with Gasteiger partial charge in [0.1, 0.15) is 18.0 Å². The Bertz CT molecular complexity index is 911. The van der Waals surface area contributed by atoms with Gasteiger partial charge in [-0.05, 0) is 35.6 Å². The zero-order valence-electron chi connectivity index (χ0n) is 15.5. The number of fused-ring (bicyclic) bond motifs is 1. The van der Waals surface area contributed by atoms with Crippen LogP contribution in [0.3, 0.4) is 0 Å². The molecule has 0 saturated heterocycles. The van der Waals surface area contributed by atoms with Gasteiger partial charge in [0.15, 0.2) is 0 Å². The molecule has 0 bridgehead atoms. The van der Waals surface area contributed by atoms with Gasteiger partial charge in [-0.3, -0.25) is 0 Å². The number of aromatic nitrogens is 2. The lowest BCUT2D eigenvalue weighted by Gasteiger charge is -2.30. The number of hydrogen-bond acceptors (Lipinski definition) is 5. The maximum absolute atomic E-state index is 9.78. The Morgan fingerprint density at radius 3 is 2.74 bits per heavy atom. The van der Waals surface area contributed by atoms with E-state index >= 15 is 0 Å². The molecule has 27 heavy (non-hydrogen) atoms. The molecule has 0 unspecified atom stereocenters. The number of anilines is 2. The van der Waals surface area contributed by atoms with Crippen LogP contribution in [0, 0.1) is 0 Å². The Balaban J connectivity index is 1.46. The molecule has 0 saturated carbocycles. The molecule has 2 heterocycles. The van der Waals surface area contributed by atoms with E-state index < -0.39 is 6.10 Å². The summed E-state index contributed by atoms with van der Waals surface area (Å²) in [6.07, 6.45) is 2.15. The lowest BCUT2D eigenvalue weighted by Crippen LogP contribution is -2.31. The minimum absolute atomic E-state index is 0.423. The zero-order chi connectivity index (χ0) is 18.6. The quantitative estimate of drug-likeness (QED) is 0.726. The van der Waals surface area contributed by atoms with Crippen molar-refractivity contribution in [2.24, 2.45) is 0 Å². The highest BCUT2D eigenvalue weighted by atomic mass is 16.3. The second kappa shape index (κ2) is 7.76. The number of nitrogens with one attached hydrogen (secondary N) is 1. The third kappa shape index (κ3) is 4.09. The minimum Gasteiger partial charge on any atom is -0.389 e. The van der Waals surface area contributed by atoms with Crippen molar-refractivity contribution in [1.82, 2.24) is 9.97 Å². The van der Waals surface area contributed by atoms with Crippen LogP contribution in [0.5, 0.6) is 0 Å². The molecule has 2 aromatic carbocycles. The van der Waals surface area contributed by atoms with E-state index in [-0.39, 0.29) is 0 Å². The molecule has 1 aliphatic heterocycles. The average Bonchev–Trinajstić information content (AvgIpc) is 2.72. The van der Waals surface area contributed by atoms with Gasteiger partial charge in [0, 0.05) is 25.7 Å². The fourth-order valence-electron chi connectivity index (χ4n) is 3.43. The summed E-state index contributed by atoms with van der Waals surface area (Å²) in [5.41, 5.74) is 4.82. The van der Waals surface area contributed by atoms with Gasteiger partial charge in [-0.15, -0.1) is 0 Å². The maximum Gasteiger partial charge on any atom is 0.134 e. The minimum atomic E-state index is -0.423. The van der Waals surface area contributed by atoms with Crippen LogP contribution < -0.4 is 10.2 Å². The van der Waals surface area contributed by atoms with Crippen LogP contribution in [-0.4, -0.2) is 21.6 Å². The first-order valence-electron chi connectivity index (χ1n) is 9.33. The summed E-state index contributed by atoms with van der Waals surface area (Å²) in [4.78, 5) is 11.1. The molecule has 2 N–H and O–H groups in total. The molecular weight excluding hydrogens is 336 g/mol. The smallest absolute Gasteiger partial charge is 0.134 e. The average molecular weight is 360 g/mol. The number of aliphatic hydroxyl groups is 1. The molecule has 138 valence electrons. The van der Waals surface area contributed by atoms with Gasteiger partial charge in [0.25, 0.3) is 0 Å². The SMILES string of the molecule is C[C@H](O)c1ccc2c(c1)CCN(c1cc(NCc3ccccc3)ncn1)C2. The zero-order valence-corrected chi connectivity index (χ0v) is 15.5. The molecule has 1 aliphatic rings. The summed E-state index contributed by atoms with van der Waals surface area (Å²) in [6.45, 7) is 4.28. The predicted octanol–water partition coefficient (Wildman–Crippen LogP) is 3.70. The molecule has 0 fully saturated rings. The van der Waals surface area contributed by atoms with Crippen molar-refractivity contribution in [3.63, 3.8) is 0 Å². The number of hydrogen-bond donors (Lipinski definition) is 2. The molecule has 0 spiro atoms. The third-order valence-corrected chi connectivity index (χ3v) is 5.02. The Kier molecular flexibility index (Phi) is 5.03. The number of aliphatic hydroxyl groups excluding tert-OH is 1. The number of nitrogens with zero attached hydrogens (tertiary/aromatic N) is 3. The van der Waals surface area contributed by atoms with E-state index in [1.807, 2.05) is 37.3 Å². The van der Waals surface area contributed by atoms with Gasteiger partial charge in [0.2, 0.25) is 0 Å². The van der Waals surface area contributed by atoms with Gasteiger partial charge < -0.3 is 15.3 Å². The van der Waals surface area contributed by atoms with E-state index in [2.05, 4.69) is 44.5 Å². The molecule has 5 heteroatoms. The summed E-state index contributed by atoms with van der Waals surface area (Å²) in [7, 11) is 0. The van der Waals surface area contributed by atoms with Crippen molar-refractivity contribution < 1.29 is 5.11 Å². The highest BCUT2D eigenvalue weighted by Gasteiger charge is 2.19. The van der Waals surface area contributed by atoms with Crippen LogP contribution >= 0.6 is 0 Å². The Labute approximate surface area is 159 Å². The molecule has 0 radical (unpaired) electrons. The second-order valence-corrected chi connectivity index (χ2v) is 6.98. The molecule has 5 nitrogen and oxygen atoms in total. The molecule has 1 atom stereocenters. The number of benzene rings is 2. The number of rotatable bonds is 5. The highest BCUT2D eigenvalue weighted by Crippen LogP contribution is 2.26. The summed E-state index contributed by atoms with van der Waals surface area (Å²) in [5.74, 6) is 1.77. The second-order valence-electron chi connectivity index (χ2n) is 6.98. The van der Waals surface area contributed by atoms with Gasteiger partial charge in [-0.1, -0.05) is 48.5 Å². The topological polar surface area (TPSA) is 61.3 Å². The summed E-state index contributed by atoms with van der Waals surface area (Å²) < 4.78 is 0. The molecule has 4 rings (SSSR count). The van der Waals surface area contributed by atoms with Crippen LogP contribution in [0.15, 0.2) is 60.9 Å². The van der Waals surface area contributed by atoms with E-state index in [1.54, 1.807) is 6.33 Å². The van der Waals surface area contributed by atoms with E-state index in [1.165, 1.54) is 16.7 Å². The fourth-order valence-corrected chi connectivity index (χ4v) is 3.43. The summed E-state index contributed by atoms with van der Waals surface area (Å²) in [5, 5.41) is 13.2. The summed E-state index contributed by atoms with van der Waals surface area (Å²) >= 11 is 0. The Morgan fingerprint density at radius 2 is 1.93 bits per heavy atom. The highest BCUT2D eigenvalue weighted by molar-refractivity contribution is 5.51. The van der Waals surface area contributed by atoms with Gasteiger partial charge in [-0.2, -0.15) is 0 Å². The predicted molar refractivity (Wildman–Crippen MR) is 108 cm³/mol. The Hall–Kier alpha value is -2.92. The lowest BCUT2D eigenvalue weighted by molar-refractivity contribution is 0.199. The van der Waals surface area contributed by atoms with Crippen molar-refractivity contribution in [3.8, 4) is 0 Å². The van der Waals surface area contributed by atoms with Crippen molar-refractivity contribution in [2.45, 2.75) is 32.5 Å².